The molecule has 23 heavy (non-hydrogen) atoms. The van der Waals surface area contributed by atoms with Crippen LogP contribution in [-0.2, 0) is 20.9 Å². The number of carbonyl (C=O) groups is 2. The number of carboxylic acids is 2. The van der Waals surface area contributed by atoms with Crippen LogP contribution in [0, 0.1) is 34.7 Å². The van der Waals surface area contributed by atoms with Crippen LogP contribution in [0.25, 0.3) is 0 Å². The van der Waals surface area contributed by atoms with Gasteiger partial charge in [0.15, 0.2) is 0 Å². The maximum Gasteiger partial charge on any atom is 0.291 e. The Hall–Kier alpha value is -2.33. The van der Waals surface area contributed by atoms with Crippen molar-refractivity contribution in [2.45, 2.75) is 0 Å². The number of nitrogens with zero attached hydrogens (tertiary/aromatic N) is 1. The van der Waals surface area contributed by atoms with E-state index >= 15 is 0 Å². The Kier molecular flexibility index (Phi) is 4.76. The van der Waals surface area contributed by atoms with E-state index in [-0.39, 0.29) is 11.3 Å². The van der Waals surface area contributed by atoms with Crippen LogP contribution in [0.1, 0.15) is 0 Å². The molecule has 0 unspecified atom stereocenters. The molecule has 124 valence electrons. The Morgan fingerprint density at radius 1 is 1.26 bits per heavy atom. The van der Waals surface area contributed by atoms with Crippen molar-refractivity contribution in [3.8, 4) is 0 Å². The van der Waals surface area contributed by atoms with E-state index in [1.165, 1.54) is 0 Å². The average Bonchev–Trinajstić information content (AvgIpc) is 2.87. The van der Waals surface area contributed by atoms with Crippen LogP contribution in [0.15, 0.2) is 12.1 Å². The van der Waals surface area contributed by atoms with Crippen molar-refractivity contribution < 1.29 is 38.1 Å². The Balaban J connectivity index is 2.59. The van der Waals surface area contributed by atoms with Gasteiger partial charge in [-0.15, -0.1) is 6.07 Å². The summed E-state index contributed by atoms with van der Waals surface area (Å²) in [5, 5.41) is 26.6. The lowest BCUT2D eigenvalue weighted by atomic mass is 9.99. The van der Waals surface area contributed by atoms with Gasteiger partial charge in [0.1, 0.15) is 0 Å². The van der Waals surface area contributed by atoms with E-state index in [0.717, 1.165) is 16.1 Å². The molecule has 0 aliphatic carbocycles. The molecule has 6 nitrogen and oxygen atoms in total. The zero-order valence-corrected chi connectivity index (χ0v) is 12.0. The van der Waals surface area contributed by atoms with Crippen LogP contribution in [0.3, 0.4) is 0 Å². The second kappa shape index (κ2) is 6.42. The largest absolute Gasteiger partial charge is 0.482 e. The van der Waals surface area contributed by atoms with Crippen LogP contribution in [0.2, 0.25) is 0 Å². The molecule has 0 aromatic heterocycles. The van der Waals surface area contributed by atoms with Crippen molar-refractivity contribution in [3.63, 3.8) is 0 Å². The molecule has 1 aromatic carbocycles. The number of benzene rings is 1. The summed E-state index contributed by atoms with van der Waals surface area (Å²) in [6.07, 6.45) is 0. The highest BCUT2D eigenvalue weighted by atomic mass is 32.1. The molecular formula is C13H9F3NO5S-. The van der Waals surface area contributed by atoms with E-state index in [2.05, 4.69) is 0 Å². The van der Waals surface area contributed by atoms with Gasteiger partial charge in [0.2, 0.25) is 0 Å². The lowest BCUT2D eigenvalue weighted by Gasteiger charge is -2.26. The predicted molar refractivity (Wildman–Crippen MR) is 72.9 cm³/mol. The smallest absolute Gasteiger partial charge is 0.291 e. The first kappa shape index (κ1) is 17.0. The van der Waals surface area contributed by atoms with E-state index in [9.17, 15) is 27.9 Å². The first-order chi connectivity index (χ1) is 10.8. The summed E-state index contributed by atoms with van der Waals surface area (Å²) in [7, 11) is 0. The summed E-state index contributed by atoms with van der Waals surface area (Å²) >= 11 is 0.638. The van der Waals surface area contributed by atoms with Gasteiger partial charge in [-0.3, -0.25) is 18.4 Å². The summed E-state index contributed by atoms with van der Waals surface area (Å²) in [4.78, 5) is 22.1. The molecular weight excluding hydrogens is 339 g/mol. The fourth-order valence-electron chi connectivity index (χ4n) is 1.98. The third-order valence-electron chi connectivity index (χ3n) is 3.04. The second-order valence-electron chi connectivity index (χ2n) is 4.37. The minimum Gasteiger partial charge on any atom is -0.482 e. The number of aliphatic carboxylic acids is 2. The normalized spacial score (nSPS) is 17.2. The van der Waals surface area contributed by atoms with Gasteiger partial charge in [-0.2, -0.15) is 6.07 Å². The Morgan fingerprint density at radius 2 is 1.87 bits per heavy atom. The fourth-order valence-corrected chi connectivity index (χ4v) is 3.08. The lowest BCUT2D eigenvalue weighted by Crippen LogP contribution is -2.40. The summed E-state index contributed by atoms with van der Waals surface area (Å²) < 4.78 is 41.0. The number of aliphatic hydroxyl groups excluding tert-OH is 1. The molecule has 2 rings (SSSR count). The minimum absolute atomic E-state index is 0.241. The summed E-state index contributed by atoms with van der Waals surface area (Å²) in [5.74, 6) is -10.0. The highest BCUT2D eigenvalue weighted by Crippen LogP contribution is 2.29. The van der Waals surface area contributed by atoms with Crippen LogP contribution in [0.4, 0.5) is 13.2 Å². The van der Waals surface area contributed by atoms with Crippen molar-refractivity contribution in [2.24, 2.45) is 5.92 Å². The van der Waals surface area contributed by atoms with E-state index in [1.807, 2.05) is 0 Å². The first-order valence-electron chi connectivity index (χ1n) is 6.01. The zero-order valence-electron chi connectivity index (χ0n) is 11.2. The molecule has 0 amide bonds. The number of rotatable bonds is 4. The maximum atomic E-state index is 13.8. The van der Waals surface area contributed by atoms with Gasteiger partial charge in [-0.05, 0) is 17.4 Å². The van der Waals surface area contributed by atoms with Crippen LogP contribution in [-0.4, -0.2) is 39.4 Å². The first-order valence-corrected chi connectivity index (χ1v) is 6.89. The third kappa shape index (κ3) is 2.94. The van der Waals surface area contributed by atoms with Crippen LogP contribution >= 0.6 is 0 Å². The molecule has 0 radical (unpaired) electrons. The molecule has 10 heteroatoms. The number of aliphatic hydroxyl groups is 1. The van der Waals surface area contributed by atoms with Crippen molar-refractivity contribution in [1.82, 2.24) is 4.58 Å². The quantitative estimate of drug-likeness (QED) is 0.167. The highest BCUT2D eigenvalue weighted by Gasteiger charge is 2.39. The SMILES string of the molecule is O=C(O)C(C(=O)O)[C-]1[S+]=C[N+](=c2ccc(F)c(F)[c-]2F)[C-]1CO. The molecule has 1 heterocycles. The number of hydrogen-bond donors (Lipinski definition) is 3. The van der Waals surface area contributed by atoms with Gasteiger partial charge >= 0.3 is 0 Å². The van der Waals surface area contributed by atoms with E-state index in [4.69, 9.17) is 10.2 Å². The standard InChI is InChI=1S/C13H9F3NO5S/c14-5-1-2-6(10(16)9(5)15)17-4-23-11(7(17)3-18)8(12(19)20)13(21)22/h1-2,4,8,18H,3H2,(H,19,20)(H,21,22)/q-1. The molecule has 1 aliphatic heterocycles. The Labute approximate surface area is 131 Å². The van der Waals surface area contributed by atoms with Crippen LogP contribution in [0.5, 0.6) is 0 Å². The van der Waals surface area contributed by atoms with Gasteiger partial charge in [0.05, 0.1) is 24.2 Å². The van der Waals surface area contributed by atoms with E-state index in [0.29, 0.717) is 17.4 Å². The third-order valence-corrected chi connectivity index (χ3v) is 4.08. The molecule has 0 fully saturated rings. The van der Waals surface area contributed by atoms with Gasteiger partial charge in [0.25, 0.3) is 17.4 Å². The minimum atomic E-state index is -1.98. The highest BCUT2D eigenvalue weighted by molar-refractivity contribution is 7.81. The molecule has 0 spiro atoms. The van der Waals surface area contributed by atoms with Gasteiger partial charge in [-0.1, -0.05) is 0 Å². The van der Waals surface area contributed by atoms with Crippen LogP contribution < -0.4 is 9.93 Å². The van der Waals surface area contributed by atoms with Gasteiger partial charge < -0.3 is 19.9 Å². The molecule has 0 atom stereocenters. The maximum absolute atomic E-state index is 13.8. The van der Waals surface area contributed by atoms with Crippen molar-refractivity contribution >= 4 is 28.8 Å². The fraction of sp³-hybridized carbons (Fsp3) is 0.154. The average molecular weight is 348 g/mol. The van der Waals surface area contributed by atoms with Gasteiger partial charge in [-0.25, -0.2) is 4.39 Å². The summed E-state index contributed by atoms with van der Waals surface area (Å²) in [5.41, 5.74) is 1.11. The number of halogens is 3. The van der Waals surface area contributed by atoms with Crippen molar-refractivity contribution in [1.29, 1.82) is 0 Å². The predicted octanol–water partition coefficient (Wildman–Crippen LogP) is -0.707. The summed E-state index contributed by atoms with van der Waals surface area (Å²) in [6.45, 7) is -0.825. The molecule has 0 saturated heterocycles. The summed E-state index contributed by atoms with van der Waals surface area (Å²) in [6, 6.07) is 1.31. The Bertz CT molecular complexity index is 746. The Morgan fingerprint density at radius 3 is 2.39 bits per heavy atom. The molecule has 1 aromatic rings. The topological polar surface area (TPSA) is 97.8 Å². The zero-order chi connectivity index (χ0) is 17.3. The molecule has 1 aliphatic rings. The monoisotopic (exact) mass is 348 g/mol. The number of carboxylic acid groups (broad SMARTS) is 2. The van der Waals surface area contributed by atoms with Crippen molar-refractivity contribution in [3.05, 3.63) is 46.2 Å². The van der Waals surface area contributed by atoms with Crippen molar-refractivity contribution in [2.75, 3.05) is 6.61 Å². The second-order valence-corrected chi connectivity index (χ2v) is 5.25. The molecule has 3 N–H and O–H groups in total. The molecule has 0 saturated carbocycles. The number of hydrogen-bond acceptors (Lipinski definition) is 3. The van der Waals surface area contributed by atoms with E-state index in [1.54, 1.807) is 0 Å². The van der Waals surface area contributed by atoms with E-state index < -0.39 is 47.3 Å². The lowest BCUT2D eigenvalue weighted by molar-refractivity contribution is -0.152. The molecule has 0 bridgehead atoms. The van der Waals surface area contributed by atoms with Gasteiger partial charge in [0, 0.05) is 16.4 Å².